The number of hydrogen-bond donors (Lipinski definition) is 1. The van der Waals surface area contributed by atoms with E-state index in [2.05, 4.69) is 24.1 Å². The van der Waals surface area contributed by atoms with Crippen molar-refractivity contribution in [1.29, 1.82) is 0 Å². The average molecular weight is 246 g/mol. The third kappa shape index (κ3) is 6.61. The van der Waals surface area contributed by atoms with Crippen molar-refractivity contribution < 1.29 is 4.21 Å². The molecule has 0 bridgehead atoms. The molecule has 1 fully saturated rings. The van der Waals surface area contributed by atoms with Crippen molar-refractivity contribution in [2.45, 2.75) is 39.2 Å². The van der Waals surface area contributed by atoms with Crippen LogP contribution in [0.1, 0.15) is 33.1 Å². The predicted octanol–water partition coefficient (Wildman–Crippen LogP) is 1.22. The zero-order valence-corrected chi connectivity index (χ0v) is 11.5. The summed E-state index contributed by atoms with van der Waals surface area (Å²) < 4.78 is 11.2. The van der Waals surface area contributed by atoms with Crippen molar-refractivity contribution in [2.75, 3.05) is 37.7 Å². The number of unbranched alkanes of at least 4 members (excludes halogenated alkanes) is 2. The van der Waals surface area contributed by atoms with Crippen LogP contribution in [-0.4, -0.2) is 52.8 Å². The van der Waals surface area contributed by atoms with Gasteiger partial charge in [0.05, 0.1) is 0 Å². The van der Waals surface area contributed by atoms with Crippen LogP contribution < -0.4 is 5.32 Å². The van der Waals surface area contributed by atoms with Crippen LogP contribution in [0.15, 0.2) is 0 Å². The molecular formula is C12H26N2OS. The minimum Gasteiger partial charge on any atom is -0.315 e. The molecule has 0 unspecified atom stereocenters. The van der Waals surface area contributed by atoms with Crippen molar-refractivity contribution in [2.24, 2.45) is 0 Å². The lowest BCUT2D eigenvalue weighted by Gasteiger charge is -2.25. The van der Waals surface area contributed by atoms with Crippen molar-refractivity contribution in [3.8, 4) is 0 Å². The Kier molecular flexibility index (Phi) is 7.25. The van der Waals surface area contributed by atoms with Gasteiger partial charge >= 0.3 is 0 Å². The summed E-state index contributed by atoms with van der Waals surface area (Å²) >= 11 is 0. The number of nitrogens with zero attached hydrogens (tertiary/aromatic N) is 1. The minimum absolute atomic E-state index is 0.528. The van der Waals surface area contributed by atoms with E-state index in [0.29, 0.717) is 6.04 Å². The Balaban J connectivity index is 1.89. The summed E-state index contributed by atoms with van der Waals surface area (Å²) in [7, 11) is -0.528. The second-order valence-electron chi connectivity index (χ2n) is 4.86. The lowest BCUT2D eigenvalue weighted by atomic mass is 10.2. The van der Waals surface area contributed by atoms with Crippen LogP contribution in [0.5, 0.6) is 0 Å². The van der Waals surface area contributed by atoms with E-state index in [1.807, 2.05) is 0 Å². The SMILES string of the molecule is CC(C)NCCCCCN1CCS(=O)CC1. The molecule has 4 heteroatoms. The second-order valence-corrected chi connectivity index (χ2v) is 6.56. The van der Waals surface area contributed by atoms with Gasteiger partial charge in [0.15, 0.2) is 0 Å². The first-order valence-corrected chi connectivity index (χ1v) is 7.98. The van der Waals surface area contributed by atoms with Gasteiger partial charge < -0.3 is 10.2 Å². The van der Waals surface area contributed by atoms with Gasteiger partial charge in [-0.05, 0) is 25.9 Å². The molecule has 0 aliphatic carbocycles. The van der Waals surface area contributed by atoms with Crippen molar-refractivity contribution in [1.82, 2.24) is 10.2 Å². The molecule has 1 saturated heterocycles. The molecule has 0 radical (unpaired) electrons. The molecule has 96 valence electrons. The van der Waals surface area contributed by atoms with Crippen LogP contribution in [-0.2, 0) is 10.8 Å². The van der Waals surface area contributed by atoms with E-state index in [1.54, 1.807) is 0 Å². The molecule has 0 aromatic carbocycles. The average Bonchev–Trinajstić information content (AvgIpc) is 2.25. The molecule has 1 heterocycles. The summed E-state index contributed by atoms with van der Waals surface area (Å²) in [4.78, 5) is 2.46. The van der Waals surface area contributed by atoms with E-state index in [1.165, 1.54) is 25.8 Å². The smallest absolute Gasteiger partial charge is 0.0363 e. The Morgan fingerprint density at radius 1 is 1.19 bits per heavy atom. The van der Waals surface area contributed by atoms with Gasteiger partial charge in [-0.25, -0.2) is 0 Å². The third-order valence-corrected chi connectivity index (χ3v) is 4.25. The number of nitrogens with one attached hydrogen (secondary N) is 1. The Hall–Kier alpha value is 0.0700. The molecule has 1 N–H and O–H groups in total. The lowest BCUT2D eigenvalue weighted by molar-refractivity contribution is 0.291. The maximum absolute atomic E-state index is 11.2. The van der Waals surface area contributed by atoms with Crippen LogP contribution in [0, 0.1) is 0 Å². The van der Waals surface area contributed by atoms with Gasteiger partial charge in [0, 0.05) is 41.4 Å². The fourth-order valence-corrected chi connectivity index (χ4v) is 3.06. The van der Waals surface area contributed by atoms with E-state index >= 15 is 0 Å². The Bertz CT molecular complexity index is 199. The van der Waals surface area contributed by atoms with E-state index in [-0.39, 0.29) is 0 Å². The first-order valence-electron chi connectivity index (χ1n) is 6.49. The first kappa shape index (κ1) is 14.1. The van der Waals surface area contributed by atoms with Crippen LogP contribution in [0.25, 0.3) is 0 Å². The van der Waals surface area contributed by atoms with Crippen LogP contribution in [0.3, 0.4) is 0 Å². The highest BCUT2D eigenvalue weighted by molar-refractivity contribution is 7.85. The molecular weight excluding hydrogens is 220 g/mol. The molecule has 0 amide bonds. The van der Waals surface area contributed by atoms with Crippen LogP contribution >= 0.6 is 0 Å². The molecule has 0 saturated carbocycles. The topological polar surface area (TPSA) is 32.3 Å². The van der Waals surface area contributed by atoms with E-state index < -0.39 is 10.8 Å². The predicted molar refractivity (Wildman–Crippen MR) is 71.3 cm³/mol. The summed E-state index contributed by atoms with van der Waals surface area (Å²) in [6.45, 7) is 8.79. The minimum atomic E-state index is -0.528. The summed E-state index contributed by atoms with van der Waals surface area (Å²) in [5.41, 5.74) is 0. The van der Waals surface area contributed by atoms with Gasteiger partial charge in [-0.2, -0.15) is 0 Å². The maximum atomic E-state index is 11.2. The molecule has 0 spiro atoms. The quantitative estimate of drug-likeness (QED) is 0.686. The highest BCUT2D eigenvalue weighted by Crippen LogP contribution is 2.03. The fraction of sp³-hybridized carbons (Fsp3) is 1.00. The molecule has 0 aromatic rings. The Morgan fingerprint density at radius 2 is 1.88 bits per heavy atom. The second kappa shape index (κ2) is 8.20. The first-order chi connectivity index (χ1) is 7.68. The zero-order chi connectivity index (χ0) is 11.8. The van der Waals surface area contributed by atoms with Crippen LogP contribution in [0.4, 0.5) is 0 Å². The molecule has 3 nitrogen and oxygen atoms in total. The highest BCUT2D eigenvalue weighted by atomic mass is 32.2. The normalized spacial score (nSPS) is 19.4. The third-order valence-electron chi connectivity index (χ3n) is 2.97. The monoisotopic (exact) mass is 246 g/mol. The molecule has 1 aliphatic heterocycles. The van der Waals surface area contributed by atoms with Gasteiger partial charge in [0.25, 0.3) is 0 Å². The van der Waals surface area contributed by atoms with E-state index in [0.717, 1.165) is 31.1 Å². The number of rotatable bonds is 7. The Labute approximate surface area is 102 Å². The van der Waals surface area contributed by atoms with E-state index in [4.69, 9.17) is 0 Å². The molecule has 1 aliphatic rings. The van der Waals surface area contributed by atoms with Crippen molar-refractivity contribution in [3.63, 3.8) is 0 Å². The molecule has 1 rings (SSSR count). The van der Waals surface area contributed by atoms with Gasteiger partial charge in [0.2, 0.25) is 0 Å². The summed E-state index contributed by atoms with van der Waals surface area (Å²) in [6, 6.07) is 0.608. The lowest BCUT2D eigenvalue weighted by Crippen LogP contribution is -2.38. The van der Waals surface area contributed by atoms with Crippen molar-refractivity contribution >= 4 is 10.8 Å². The highest BCUT2D eigenvalue weighted by Gasteiger charge is 2.13. The summed E-state index contributed by atoms with van der Waals surface area (Å²) in [5.74, 6) is 1.77. The van der Waals surface area contributed by atoms with Gasteiger partial charge in [-0.15, -0.1) is 0 Å². The Morgan fingerprint density at radius 3 is 2.50 bits per heavy atom. The van der Waals surface area contributed by atoms with Gasteiger partial charge in [0.1, 0.15) is 0 Å². The summed E-state index contributed by atoms with van der Waals surface area (Å²) in [5, 5.41) is 3.44. The molecule has 16 heavy (non-hydrogen) atoms. The largest absolute Gasteiger partial charge is 0.315 e. The standard InChI is InChI=1S/C12H26N2OS/c1-12(2)13-6-4-3-5-7-14-8-10-16(15)11-9-14/h12-13H,3-11H2,1-2H3. The maximum Gasteiger partial charge on any atom is 0.0363 e. The fourth-order valence-electron chi connectivity index (χ4n) is 1.93. The van der Waals surface area contributed by atoms with Gasteiger partial charge in [-0.3, -0.25) is 4.21 Å². The van der Waals surface area contributed by atoms with Crippen LogP contribution in [0.2, 0.25) is 0 Å². The molecule has 0 atom stereocenters. The van der Waals surface area contributed by atoms with Crippen molar-refractivity contribution in [3.05, 3.63) is 0 Å². The molecule has 0 aromatic heterocycles. The zero-order valence-electron chi connectivity index (χ0n) is 10.7. The summed E-state index contributed by atoms with van der Waals surface area (Å²) in [6.07, 6.45) is 3.86. The van der Waals surface area contributed by atoms with Gasteiger partial charge in [-0.1, -0.05) is 20.3 Å². The number of hydrogen-bond acceptors (Lipinski definition) is 3. The van der Waals surface area contributed by atoms with E-state index in [9.17, 15) is 4.21 Å².